The maximum Gasteiger partial charge on any atom is 0.255 e. The minimum atomic E-state index is -0.286. The summed E-state index contributed by atoms with van der Waals surface area (Å²) in [6.45, 7) is 0.978. The summed E-state index contributed by atoms with van der Waals surface area (Å²) in [6.07, 6.45) is 2.25. The first-order chi connectivity index (χ1) is 16.5. The number of benzene rings is 2. The molecule has 9 nitrogen and oxygen atoms in total. The van der Waals surface area contributed by atoms with Gasteiger partial charge in [0, 0.05) is 54.7 Å². The lowest BCUT2D eigenvalue weighted by Crippen LogP contribution is -2.36. The highest BCUT2D eigenvalue weighted by atomic mass is 32.1. The monoisotopic (exact) mass is 472 g/mol. The molecule has 1 aliphatic heterocycles. The van der Waals surface area contributed by atoms with Crippen molar-refractivity contribution in [3.8, 4) is 0 Å². The van der Waals surface area contributed by atoms with Crippen molar-refractivity contribution < 1.29 is 14.4 Å². The average molecular weight is 473 g/mol. The molecule has 1 aliphatic rings. The molecule has 0 aliphatic carbocycles. The molecule has 4 aromatic rings. The van der Waals surface area contributed by atoms with Crippen molar-refractivity contribution >= 4 is 45.3 Å². The summed E-state index contributed by atoms with van der Waals surface area (Å²) in [5.41, 5.74) is 4.58. The lowest BCUT2D eigenvalue weighted by Gasteiger charge is -2.29. The van der Waals surface area contributed by atoms with Crippen LogP contribution in [0.5, 0.6) is 0 Å². The van der Waals surface area contributed by atoms with Gasteiger partial charge in [-0.05, 0) is 53.9 Å². The molecule has 2 aromatic heterocycles. The second-order valence-corrected chi connectivity index (χ2v) is 8.63. The molecule has 2 aromatic carbocycles. The Labute approximate surface area is 199 Å². The smallest absolute Gasteiger partial charge is 0.255 e. The summed E-state index contributed by atoms with van der Waals surface area (Å²) < 4.78 is 3.86. The molecule has 10 heteroatoms. The number of anilines is 1. The second kappa shape index (κ2) is 8.99. The third kappa shape index (κ3) is 4.23. The van der Waals surface area contributed by atoms with Gasteiger partial charge in [-0.25, -0.2) is 4.98 Å². The Morgan fingerprint density at radius 2 is 1.82 bits per heavy atom. The molecule has 0 saturated carbocycles. The number of carbonyl (C=O) groups is 3. The van der Waals surface area contributed by atoms with Crippen molar-refractivity contribution in [2.24, 2.45) is 0 Å². The van der Waals surface area contributed by atoms with E-state index in [2.05, 4.69) is 25.2 Å². The Bertz CT molecular complexity index is 1430. The summed E-state index contributed by atoms with van der Waals surface area (Å²) in [5.74, 6) is -0.644. The fraction of sp³-hybridized carbons (Fsp3) is 0.167. The van der Waals surface area contributed by atoms with E-state index in [0.29, 0.717) is 52.2 Å². The van der Waals surface area contributed by atoms with Gasteiger partial charge in [0.15, 0.2) is 4.83 Å². The first kappa shape index (κ1) is 21.7. The second-order valence-electron chi connectivity index (χ2n) is 7.90. The number of hydrogen-bond acceptors (Lipinski definition) is 7. The Morgan fingerprint density at radius 1 is 0.971 bits per heavy atom. The topological polar surface area (TPSA) is 117 Å². The SMILES string of the molecule is CNC(=O)c1cccc(NC(=O)c2ccc3c(c2)CN(C(=O)c2cnc4snnc4c2)CC3)c1. The lowest BCUT2D eigenvalue weighted by atomic mass is 9.96. The Hall–Kier alpha value is -4.18. The van der Waals surface area contributed by atoms with Crippen LogP contribution in [0, 0.1) is 0 Å². The van der Waals surface area contributed by atoms with Gasteiger partial charge in [0.2, 0.25) is 0 Å². The van der Waals surface area contributed by atoms with Crippen molar-refractivity contribution in [2.45, 2.75) is 13.0 Å². The summed E-state index contributed by atoms with van der Waals surface area (Å²) in [5, 5.41) is 9.40. The molecule has 0 saturated heterocycles. The van der Waals surface area contributed by atoms with Crippen LogP contribution >= 0.6 is 11.5 Å². The van der Waals surface area contributed by atoms with E-state index in [9.17, 15) is 14.4 Å². The third-order valence-electron chi connectivity index (χ3n) is 5.73. The van der Waals surface area contributed by atoms with Crippen molar-refractivity contribution in [3.05, 3.63) is 82.5 Å². The fourth-order valence-corrected chi connectivity index (χ4v) is 4.44. The van der Waals surface area contributed by atoms with E-state index < -0.39 is 0 Å². The fourth-order valence-electron chi connectivity index (χ4n) is 3.94. The first-order valence-corrected chi connectivity index (χ1v) is 11.4. The zero-order valence-corrected chi connectivity index (χ0v) is 19.1. The van der Waals surface area contributed by atoms with Gasteiger partial charge in [0.05, 0.1) is 5.56 Å². The molecular formula is C24H20N6O3S. The molecule has 0 unspecified atom stereocenters. The van der Waals surface area contributed by atoms with Crippen molar-refractivity contribution in [1.82, 2.24) is 24.8 Å². The number of hydrogen-bond donors (Lipinski definition) is 2. The largest absolute Gasteiger partial charge is 0.355 e. The normalized spacial score (nSPS) is 12.8. The summed E-state index contributed by atoms with van der Waals surface area (Å²) >= 11 is 1.19. The van der Waals surface area contributed by atoms with Gasteiger partial charge in [-0.3, -0.25) is 14.4 Å². The van der Waals surface area contributed by atoms with Gasteiger partial charge >= 0.3 is 0 Å². The number of carbonyl (C=O) groups excluding carboxylic acids is 3. The highest BCUT2D eigenvalue weighted by Gasteiger charge is 2.23. The standard InChI is InChI=1S/C24H20N6O3S/c1-25-21(31)15-3-2-4-19(10-15)27-22(32)16-6-5-14-7-8-30(13-18(14)9-16)24(33)17-11-20-23(26-12-17)34-29-28-20/h2-6,9-12H,7-8,13H2,1H3,(H,25,31)(H,27,32). The van der Waals surface area contributed by atoms with E-state index in [0.717, 1.165) is 11.1 Å². The van der Waals surface area contributed by atoms with Crippen molar-refractivity contribution in [1.29, 1.82) is 0 Å². The quantitative estimate of drug-likeness (QED) is 0.472. The van der Waals surface area contributed by atoms with Crippen molar-refractivity contribution in [3.63, 3.8) is 0 Å². The summed E-state index contributed by atoms with van der Waals surface area (Å²) in [4.78, 5) is 44.5. The van der Waals surface area contributed by atoms with Crippen LogP contribution in [0.2, 0.25) is 0 Å². The van der Waals surface area contributed by atoms with E-state index in [1.54, 1.807) is 54.5 Å². The minimum Gasteiger partial charge on any atom is -0.355 e. The zero-order valence-electron chi connectivity index (χ0n) is 18.2. The van der Waals surface area contributed by atoms with Gasteiger partial charge in [-0.15, -0.1) is 5.10 Å². The minimum absolute atomic E-state index is 0.131. The number of amides is 3. The summed E-state index contributed by atoms with van der Waals surface area (Å²) in [7, 11) is 1.56. The maximum atomic E-state index is 13.1. The molecule has 0 bridgehead atoms. The molecule has 170 valence electrons. The molecule has 0 radical (unpaired) electrons. The van der Waals surface area contributed by atoms with E-state index >= 15 is 0 Å². The van der Waals surface area contributed by atoms with E-state index in [-0.39, 0.29) is 17.7 Å². The molecular weight excluding hydrogens is 452 g/mol. The van der Waals surface area contributed by atoms with E-state index in [1.807, 2.05) is 12.1 Å². The van der Waals surface area contributed by atoms with Gasteiger partial charge in [-0.1, -0.05) is 16.6 Å². The van der Waals surface area contributed by atoms with Crippen molar-refractivity contribution in [2.75, 3.05) is 18.9 Å². The zero-order chi connectivity index (χ0) is 23.7. The predicted molar refractivity (Wildman–Crippen MR) is 128 cm³/mol. The molecule has 0 atom stereocenters. The Kier molecular flexibility index (Phi) is 5.72. The predicted octanol–water partition coefficient (Wildman–Crippen LogP) is 2.90. The lowest BCUT2D eigenvalue weighted by molar-refractivity contribution is 0.0734. The molecule has 3 heterocycles. The van der Waals surface area contributed by atoms with Gasteiger partial charge in [0.1, 0.15) is 5.52 Å². The molecule has 0 fully saturated rings. The third-order valence-corrected chi connectivity index (χ3v) is 6.38. The highest BCUT2D eigenvalue weighted by molar-refractivity contribution is 7.12. The molecule has 5 rings (SSSR count). The molecule has 2 N–H and O–H groups in total. The number of pyridine rings is 1. The Balaban J connectivity index is 1.33. The van der Waals surface area contributed by atoms with E-state index in [4.69, 9.17) is 0 Å². The van der Waals surface area contributed by atoms with Crippen LogP contribution in [0.25, 0.3) is 10.3 Å². The maximum absolute atomic E-state index is 13.1. The van der Waals surface area contributed by atoms with Crippen LogP contribution in [-0.2, 0) is 13.0 Å². The number of rotatable bonds is 4. The van der Waals surface area contributed by atoms with Crippen LogP contribution in [0.15, 0.2) is 54.7 Å². The number of nitrogens with one attached hydrogen (secondary N) is 2. The van der Waals surface area contributed by atoms with Gasteiger partial charge in [-0.2, -0.15) is 0 Å². The van der Waals surface area contributed by atoms with E-state index in [1.165, 1.54) is 11.5 Å². The molecule has 3 amide bonds. The number of nitrogens with zero attached hydrogens (tertiary/aromatic N) is 4. The molecule has 0 spiro atoms. The van der Waals surface area contributed by atoms with Gasteiger partial charge < -0.3 is 15.5 Å². The average Bonchev–Trinajstić information content (AvgIpc) is 3.35. The van der Waals surface area contributed by atoms with Crippen LogP contribution in [0.3, 0.4) is 0 Å². The van der Waals surface area contributed by atoms with Crippen LogP contribution < -0.4 is 10.6 Å². The van der Waals surface area contributed by atoms with Crippen LogP contribution in [-0.4, -0.2) is 50.8 Å². The summed E-state index contributed by atoms with van der Waals surface area (Å²) in [6, 6.07) is 14.0. The van der Waals surface area contributed by atoms with Crippen LogP contribution in [0.4, 0.5) is 5.69 Å². The first-order valence-electron chi connectivity index (χ1n) is 10.6. The van der Waals surface area contributed by atoms with Crippen LogP contribution in [0.1, 0.15) is 42.2 Å². The number of fused-ring (bicyclic) bond motifs is 2. The highest BCUT2D eigenvalue weighted by Crippen LogP contribution is 2.24. The Morgan fingerprint density at radius 3 is 2.68 bits per heavy atom. The van der Waals surface area contributed by atoms with Gasteiger partial charge in [0.25, 0.3) is 17.7 Å². The number of aromatic nitrogens is 3. The molecule has 34 heavy (non-hydrogen) atoms.